The summed E-state index contributed by atoms with van der Waals surface area (Å²) in [5.74, 6) is 0.689. The van der Waals surface area contributed by atoms with E-state index >= 15 is 0 Å². The standard InChI is InChI=1S/C10H21NO2S/c1-10(2,3)4-5-11-6-8-14(12,13)9-7-11/h4-9H2,1-3H3. The summed E-state index contributed by atoms with van der Waals surface area (Å²) in [6, 6.07) is 0. The lowest BCUT2D eigenvalue weighted by atomic mass is 9.92. The predicted molar refractivity (Wildman–Crippen MR) is 59.2 cm³/mol. The Kier molecular flexibility index (Phi) is 3.58. The topological polar surface area (TPSA) is 37.4 Å². The minimum absolute atomic E-state index is 0.344. The number of nitrogens with zero attached hydrogens (tertiary/aromatic N) is 1. The molecule has 0 aromatic rings. The molecule has 0 unspecified atom stereocenters. The normalized spacial score (nSPS) is 23.6. The van der Waals surface area contributed by atoms with Crippen LogP contribution < -0.4 is 0 Å². The highest BCUT2D eigenvalue weighted by Gasteiger charge is 2.22. The molecule has 0 bridgehead atoms. The third kappa shape index (κ3) is 4.42. The van der Waals surface area contributed by atoms with Crippen molar-refractivity contribution in [3.8, 4) is 0 Å². The fourth-order valence-corrected chi connectivity index (χ4v) is 2.74. The number of sulfone groups is 1. The van der Waals surface area contributed by atoms with E-state index < -0.39 is 9.84 Å². The van der Waals surface area contributed by atoms with Crippen molar-refractivity contribution >= 4 is 9.84 Å². The molecule has 84 valence electrons. The molecular formula is C10H21NO2S. The van der Waals surface area contributed by atoms with Gasteiger partial charge in [-0.15, -0.1) is 0 Å². The van der Waals surface area contributed by atoms with Crippen LogP contribution in [0.5, 0.6) is 0 Å². The van der Waals surface area contributed by atoms with E-state index in [1.807, 2.05) is 0 Å². The van der Waals surface area contributed by atoms with Gasteiger partial charge in [-0.05, 0) is 18.4 Å². The van der Waals surface area contributed by atoms with Gasteiger partial charge in [0.1, 0.15) is 0 Å². The van der Waals surface area contributed by atoms with E-state index in [-0.39, 0.29) is 0 Å². The van der Waals surface area contributed by atoms with Crippen LogP contribution in [-0.2, 0) is 9.84 Å². The summed E-state index contributed by atoms with van der Waals surface area (Å²) >= 11 is 0. The fourth-order valence-electron chi connectivity index (χ4n) is 1.47. The molecule has 1 fully saturated rings. The zero-order chi connectivity index (χ0) is 10.8. The molecule has 0 spiro atoms. The Morgan fingerprint density at radius 1 is 1.14 bits per heavy atom. The van der Waals surface area contributed by atoms with Gasteiger partial charge in [-0.25, -0.2) is 8.42 Å². The van der Waals surface area contributed by atoms with Gasteiger partial charge < -0.3 is 4.90 Å². The molecule has 0 amide bonds. The number of hydrogen-bond acceptors (Lipinski definition) is 3. The van der Waals surface area contributed by atoms with Gasteiger partial charge in [-0.2, -0.15) is 0 Å². The monoisotopic (exact) mass is 219 g/mol. The Balaban J connectivity index is 2.30. The molecule has 0 aromatic carbocycles. The molecule has 0 radical (unpaired) electrons. The Bertz CT molecular complexity index is 263. The van der Waals surface area contributed by atoms with Crippen molar-refractivity contribution in [1.29, 1.82) is 0 Å². The van der Waals surface area contributed by atoms with Crippen LogP contribution in [0.15, 0.2) is 0 Å². The molecule has 1 heterocycles. The lowest BCUT2D eigenvalue weighted by Crippen LogP contribution is -2.41. The van der Waals surface area contributed by atoms with Crippen LogP contribution in [0, 0.1) is 5.41 Å². The van der Waals surface area contributed by atoms with Crippen LogP contribution in [0.3, 0.4) is 0 Å². The first-order chi connectivity index (χ1) is 6.29. The van der Waals surface area contributed by atoms with Gasteiger partial charge in [-0.3, -0.25) is 0 Å². The third-order valence-corrected chi connectivity index (χ3v) is 4.22. The van der Waals surface area contributed by atoms with E-state index in [2.05, 4.69) is 25.7 Å². The molecule has 0 N–H and O–H groups in total. The summed E-state index contributed by atoms with van der Waals surface area (Å²) in [6.07, 6.45) is 1.13. The molecule has 1 saturated heterocycles. The highest BCUT2D eigenvalue weighted by Crippen LogP contribution is 2.19. The molecule has 3 nitrogen and oxygen atoms in total. The highest BCUT2D eigenvalue weighted by atomic mass is 32.2. The quantitative estimate of drug-likeness (QED) is 0.699. The summed E-state index contributed by atoms with van der Waals surface area (Å²) < 4.78 is 22.3. The molecule has 4 heteroatoms. The van der Waals surface area contributed by atoms with Crippen molar-refractivity contribution in [3.63, 3.8) is 0 Å². The van der Waals surface area contributed by atoms with Crippen LogP contribution in [0.4, 0.5) is 0 Å². The van der Waals surface area contributed by atoms with Gasteiger partial charge >= 0.3 is 0 Å². The lowest BCUT2D eigenvalue weighted by Gasteiger charge is -2.29. The van der Waals surface area contributed by atoms with E-state index in [1.165, 1.54) is 0 Å². The molecular weight excluding hydrogens is 198 g/mol. The molecule has 0 aliphatic carbocycles. The smallest absolute Gasteiger partial charge is 0.152 e. The summed E-state index contributed by atoms with van der Waals surface area (Å²) in [5, 5.41) is 0. The molecule has 1 rings (SSSR count). The van der Waals surface area contributed by atoms with Gasteiger partial charge in [0.05, 0.1) is 11.5 Å². The van der Waals surface area contributed by atoms with Gasteiger partial charge in [0.25, 0.3) is 0 Å². The Morgan fingerprint density at radius 2 is 1.64 bits per heavy atom. The van der Waals surface area contributed by atoms with E-state index in [1.54, 1.807) is 0 Å². The summed E-state index contributed by atoms with van der Waals surface area (Å²) in [6.45, 7) is 9.12. The summed E-state index contributed by atoms with van der Waals surface area (Å²) in [5.41, 5.74) is 0.344. The maximum absolute atomic E-state index is 11.2. The lowest BCUT2D eigenvalue weighted by molar-refractivity contribution is 0.241. The molecule has 1 aliphatic heterocycles. The van der Waals surface area contributed by atoms with Crippen molar-refractivity contribution in [2.75, 3.05) is 31.1 Å². The number of rotatable bonds is 2. The third-order valence-electron chi connectivity index (χ3n) is 2.62. The number of hydrogen-bond donors (Lipinski definition) is 0. The van der Waals surface area contributed by atoms with Crippen LogP contribution in [0.25, 0.3) is 0 Å². The molecule has 0 saturated carbocycles. The maximum atomic E-state index is 11.2. The first-order valence-electron chi connectivity index (χ1n) is 5.21. The second kappa shape index (κ2) is 4.19. The zero-order valence-electron chi connectivity index (χ0n) is 9.41. The molecule has 14 heavy (non-hydrogen) atoms. The van der Waals surface area contributed by atoms with Crippen molar-refractivity contribution in [2.45, 2.75) is 27.2 Å². The van der Waals surface area contributed by atoms with E-state index in [0.717, 1.165) is 26.1 Å². The largest absolute Gasteiger partial charge is 0.301 e. The summed E-state index contributed by atoms with van der Waals surface area (Å²) in [7, 11) is -2.71. The van der Waals surface area contributed by atoms with Crippen LogP contribution >= 0.6 is 0 Å². The van der Waals surface area contributed by atoms with Crippen molar-refractivity contribution in [3.05, 3.63) is 0 Å². The van der Waals surface area contributed by atoms with Crippen LogP contribution in [-0.4, -0.2) is 44.5 Å². The minimum Gasteiger partial charge on any atom is -0.301 e. The second-order valence-corrected chi connectivity index (χ2v) is 7.61. The van der Waals surface area contributed by atoms with Crippen LogP contribution in [0.1, 0.15) is 27.2 Å². The van der Waals surface area contributed by atoms with Crippen molar-refractivity contribution in [1.82, 2.24) is 4.90 Å². The average Bonchev–Trinajstić information content (AvgIpc) is 2.01. The average molecular weight is 219 g/mol. The van der Waals surface area contributed by atoms with Gasteiger partial charge in [0.2, 0.25) is 0 Å². The summed E-state index contributed by atoms with van der Waals surface area (Å²) in [4.78, 5) is 2.26. The van der Waals surface area contributed by atoms with Crippen LogP contribution in [0.2, 0.25) is 0 Å². The minimum atomic E-state index is -2.71. The van der Waals surface area contributed by atoms with Crippen molar-refractivity contribution in [2.24, 2.45) is 5.41 Å². The molecule has 1 aliphatic rings. The van der Waals surface area contributed by atoms with E-state index in [9.17, 15) is 8.42 Å². The fraction of sp³-hybridized carbons (Fsp3) is 1.00. The maximum Gasteiger partial charge on any atom is 0.152 e. The first kappa shape index (κ1) is 12.0. The van der Waals surface area contributed by atoms with E-state index in [0.29, 0.717) is 16.9 Å². The Labute approximate surface area is 87.4 Å². The van der Waals surface area contributed by atoms with Gasteiger partial charge in [0, 0.05) is 13.1 Å². The highest BCUT2D eigenvalue weighted by molar-refractivity contribution is 7.91. The predicted octanol–water partition coefficient (Wildman–Crippen LogP) is 1.15. The first-order valence-corrected chi connectivity index (χ1v) is 7.03. The Hall–Kier alpha value is -0.0900. The SMILES string of the molecule is CC(C)(C)CCN1CCS(=O)(=O)CC1. The Morgan fingerprint density at radius 3 is 2.07 bits per heavy atom. The zero-order valence-corrected chi connectivity index (χ0v) is 10.2. The van der Waals surface area contributed by atoms with E-state index in [4.69, 9.17) is 0 Å². The van der Waals surface area contributed by atoms with Crippen molar-refractivity contribution < 1.29 is 8.42 Å². The molecule has 0 atom stereocenters. The second-order valence-electron chi connectivity index (χ2n) is 5.30. The van der Waals surface area contributed by atoms with Gasteiger partial charge in [-0.1, -0.05) is 20.8 Å². The molecule has 0 aromatic heterocycles. The van der Waals surface area contributed by atoms with Gasteiger partial charge in [0.15, 0.2) is 9.84 Å².